The van der Waals surface area contributed by atoms with Crippen molar-refractivity contribution in [2.24, 2.45) is 0 Å². The van der Waals surface area contributed by atoms with E-state index in [-0.39, 0.29) is 0 Å². The van der Waals surface area contributed by atoms with Gasteiger partial charge in [0.25, 0.3) is 0 Å². The number of aryl methyl sites for hydroxylation is 2. The summed E-state index contributed by atoms with van der Waals surface area (Å²) in [7, 11) is 0. The second kappa shape index (κ2) is 5.68. The zero-order valence-electron chi connectivity index (χ0n) is 11.8. The summed E-state index contributed by atoms with van der Waals surface area (Å²) in [6.07, 6.45) is 3.78. The molecule has 0 bridgehead atoms. The van der Waals surface area contributed by atoms with Gasteiger partial charge >= 0.3 is 0 Å². The second-order valence-corrected chi connectivity index (χ2v) is 5.35. The van der Waals surface area contributed by atoms with Crippen LogP contribution in [0.4, 0.5) is 0 Å². The minimum absolute atomic E-state index is 0.472. The number of para-hydroxylation sites is 1. The van der Waals surface area contributed by atoms with Gasteiger partial charge in [0.05, 0.1) is 6.10 Å². The van der Waals surface area contributed by atoms with Crippen LogP contribution in [0, 0.1) is 0 Å². The molecule has 1 aliphatic rings. The topological polar surface area (TPSA) is 29.5 Å². The first kappa shape index (κ1) is 13.2. The van der Waals surface area contributed by atoms with Crippen LogP contribution in [0.2, 0.25) is 0 Å². The zero-order chi connectivity index (χ0) is 13.9. The number of ether oxygens (including phenoxy) is 1. The molecule has 0 radical (unpaired) electrons. The molecule has 1 N–H and O–H groups in total. The average molecular weight is 268 g/mol. The van der Waals surface area contributed by atoms with Crippen LogP contribution in [0.5, 0.6) is 11.5 Å². The third kappa shape index (κ3) is 2.56. The van der Waals surface area contributed by atoms with Gasteiger partial charge < -0.3 is 9.84 Å². The fraction of sp³-hybridized carbons (Fsp3) is 0.333. The molecule has 0 fully saturated rings. The first-order chi connectivity index (χ1) is 9.78. The molecule has 0 amide bonds. The summed E-state index contributed by atoms with van der Waals surface area (Å²) in [5, 5.41) is 10.1. The minimum Gasteiger partial charge on any atom is -0.457 e. The van der Waals surface area contributed by atoms with Gasteiger partial charge in [0, 0.05) is 5.56 Å². The molecule has 2 heteroatoms. The molecule has 0 saturated heterocycles. The van der Waals surface area contributed by atoms with E-state index in [0.29, 0.717) is 6.42 Å². The van der Waals surface area contributed by atoms with Gasteiger partial charge in [-0.25, -0.2) is 0 Å². The van der Waals surface area contributed by atoms with Gasteiger partial charge in [-0.1, -0.05) is 31.2 Å². The average Bonchev–Trinajstić information content (AvgIpc) is 2.94. The molecular weight excluding hydrogens is 248 g/mol. The van der Waals surface area contributed by atoms with E-state index in [2.05, 4.69) is 12.1 Å². The lowest BCUT2D eigenvalue weighted by atomic mass is 10.1. The lowest BCUT2D eigenvalue weighted by molar-refractivity contribution is 0.170. The van der Waals surface area contributed by atoms with Crippen LogP contribution in [-0.2, 0) is 12.8 Å². The molecule has 0 aliphatic heterocycles. The van der Waals surface area contributed by atoms with Crippen molar-refractivity contribution in [2.75, 3.05) is 0 Å². The Morgan fingerprint density at radius 1 is 1.10 bits per heavy atom. The number of hydrogen-bond donors (Lipinski definition) is 1. The lowest BCUT2D eigenvalue weighted by Crippen LogP contribution is -1.98. The Bertz CT molecular complexity index is 604. The Balaban J connectivity index is 1.88. The van der Waals surface area contributed by atoms with Crippen molar-refractivity contribution < 1.29 is 9.84 Å². The van der Waals surface area contributed by atoms with Crippen LogP contribution >= 0.6 is 0 Å². The number of fused-ring (bicyclic) bond motifs is 1. The quantitative estimate of drug-likeness (QED) is 0.890. The standard InChI is InChI=1S/C18H20O2/c1-2-17(19)16-8-3-4-9-18(16)20-15-11-10-13-6-5-7-14(13)12-15/h3-4,8-12,17,19H,2,5-7H2,1H3/t17-/m0/s1. The molecule has 0 spiro atoms. The monoisotopic (exact) mass is 268 g/mol. The highest BCUT2D eigenvalue weighted by Gasteiger charge is 2.14. The summed E-state index contributed by atoms with van der Waals surface area (Å²) in [6, 6.07) is 14.0. The van der Waals surface area contributed by atoms with Crippen molar-refractivity contribution in [1.29, 1.82) is 0 Å². The van der Waals surface area contributed by atoms with Crippen molar-refractivity contribution in [1.82, 2.24) is 0 Å². The van der Waals surface area contributed by atoms with Crippen molar-refractivity contribution >= 4 is 0 Å². The maximum atomic E-state index is 10.1. The molecule has 1 atom stereocenters. The maximum Gasteiger partial charge on any atom is 0.133 e. The smallest absolute Gasteiger partial charge is 0.133 e. The zero-order valence-corrected chi connectivity index (χ0v) is 11.8. The normalized spacial score (nSPS) is 14.9. The molecule has 3 rings (SSSR count). The molecule has 20 heavy (non-hydrogen) atoms. The summed E-state index contributed by atoms with van der Waals surface area (Å²) in [4.78, 5) is 0. The lowest BCUT2D eigenvalue weighted by Gasteiger charge is -2.15. The van der Waals surface area contributed by atoms with Crippen molar-refractivity contribution in [3.05, 3.63) is 59.2 Å². The SMILES string of the molecule is CC[C@H](O)c1ccccc1Oc1ccc2c(c1)CCC2. The van der Waals surface area contributed by atoms with Gasteiger partial charge in [-0.05, 0) is 55.0 Å². The molecule has 0 unspecified atom stereocenters. The van der Waals surface area contributed by atoms with Crippen LogP contribution in [0.15, 0.2) is 42.5 Å². The van der Waals surface area contributed by atoms with E-state index in [1.807, 2.05) is 37.3 Å². The molecule has 0 saturated carbocycles. The highest BCUT2D eigenvalue weighted by atomic mass is 16.5. The van der Waals surface area contributed by atoms with E-state index in [0.717, 1.165) is 23.5 Å². The fourth-order valence-electron chi connectivity index (χ4n) is 2.81. The van der Waals surface area contributed by atoms with E-state index in [1.165, 1.54) is 24.0 Å². The van der Waals surface area contributed by atoms with Gasteiger partial charge in [0.15, 0.2) is 0 Å². The molecule has 0 heterocycles. The van der Waals surface area contributed by atoms with Crippen LogP contribution in [0.25, 0.3) is 0 Å². The Hall–Kier alpha value is -1.80. The number of benzene rings is 2. The summed E-state index contributed by atoms with van der Waals surface area (Å²) < 4.78 is 6.00. The van der Waals surface area contributed by atoms with Crippen molar-refractivity contribution in [3.8, 4) is 11.5 Å². The Morgan fingerprint density at radius 2 is 1.90 bits per heavy atom. The molecule has 0 aromatic heterocycles. The van der Waals surface area contributed by atoms with Crippen LogP contribution in [0.3, 0.4) is 0 Å². The minimum atomic E-state index is -0.472. The van der Waals surface area contributed by atoms with Gasteiger partial charge in [-0.15, -0.1) is 0 Å². The van der Waals surface area contributed by atoms with E-state index >= 15 is 0 Å². The Morgan fingerprint density at radius 3 is 2.75 bits per heavy atom. The van der Waals surface area contributed by atoms with Gasteiger partial charge in [-0.2, -0.15) is 0 Å². The number of hydrogen-bond acceptors (Lipinski definition) is 2. The predicted octanol–water partition coefficient (Wildman–Crippen LogP) is 4.41. The molecule has 104 valence electrons. The molecular formula is C18H20O2. The Labute approximate surface area is 120 Å². The highest BCUT2D eigenvalue weighted by molar-refractivity contribution is 5.43. The largest absolute Gasteiger partial charge is 0.457 e. The molecule has 2 aromatic rings. The molecule has 2 aromatic carbocycles. The predicted molar refractivity (Wildman–Crippen MR) is 80.2 cm³/mol. The third-order valence-corrected chi connectivity index (χ3v) is 3.96. The highest BCUT2D eigenvalue weighted by Crippen LogP contribution is 2.33. The van der Waals surface area contributed by atoms with Crippen molar-refractivity contribution in [2.45, 2.75) is 38.7 Å². The third-order valence-electron chi connectivity index (χ3n) is 3.96. The van der Waals surface area contributed by atoms with Crippen LogP contribution < -0.4 is 4.74 Å². The second-order valence-electron chi connectivity index (χ2n) is 5.35. The molecule has 2 nitrogen and oxygen atoms in total. The van der Waals surface area contributed by atoms with E-state index < -0.39 is 6.10 Å². The first-order valence-corrected chi connectivity index (χ1v) is 7.34. The fourth-order valence-corrected chi connectivity index (χ4v) is 2.81. The van der Waals surface area contributed by atoms with Crippen molar-refractivity contribution in [3.63, 3.8) is 0 Å². The number of aliphatic hydroxyl groups is 1. The van der Waals surface area contributed by atoms with Gasteiger partial charge in [0.1, 0.15) is 11.5 Å². The van der Waals surface area contributed by atoms with Crippen LogP contribution in [0.1, 0.15) is 42.6 Å². The summed E-state index contributed by atoms with van der Waals surface area (Å²) >= 11 is 0. The summed E-state index contributed by atoms with van der Waals surface area (Å²) in [5.41, 5.74) is 3.70. The van der Waals surface area contributed by atoms with Gasteiger partial charge in [0.2, 0.25) is 0 Å². The number of rotatable bonds is 4. The molecule has 1 aliphatic carbocycles. The van der Waals surface area contributed by atoms with E-state index in [1.54, 1.807) is 0 Å². The number of aliphatic hydroxyl groups excluding tert-OH is 1. The maximum absolute atomic E-state index is 10.1. The first-order valence-electron chi connectivity index (χ1n) is 7.34. The van der Waals surface area contributed by atoms with E-state index in [9.17, 15) is 5.11 Å². The Kier molecular flexibility index (Phi) is 3.75. The summed E-state index contributed by atoms with van der Waals surface area (Å²) in [5.74, 6) is 1.61. The van der Waals surface area contributed by atoms with E-state index in [4.69, 9.17) is 4.74 Å². The summed E-state index contributed by atoms with van der Waals surface area (Å²) in [6.45, 7) is 1.97. The van der Waals surface area contributed by atoms with Crippen LogP contribution in [-0.4, -0.2) is 5.11 Å². The van der Waals surface area contributed by atoms with Gasteiger partial charge in [-0.3, -0.25) is 0 Å².